The van der Waals surface area contributed by atoms with E-state index in [1.165, 1.54) is 25.7 Å². The van der Waals surface area contributed by atoms with E-state index < -0.39 is 0 Å². The summed E-state index contributed by atoms with van der Waals surface area (Å²) in [6, 6.07) is 0. The Labute approximate surface area is 136 Å². The molecule has 1 aliphatic rings. The molecule has 0 amide bonds. The Morgan fingerprint density at radius 3 is 2.59 bits per heavy atom. The first-order chi connectivity index (χ1) is 10.2. The number of esters is 1. The van der Waals surface area contributed by atoms with Crippen LogP contribution in [0, 0.1) is 17.3 Å². The molecular formula is C19H34O3. The summed E-state index contributed by atoms with van der Waals surface area (Å²) in [7, 11) is 0. The van der Waals surface area contributed by atoms with Crippen LogP contribution in [0.5, 0.6) is 0 Å². The van der Waals surface area contributed by atoms with Gasteiger partial charge in [0, 0.05) is 11.5 Å². The lowest BCUT2D eigenvalue weighted by molar-refractivity contribution is -0.141. The van der Waals surface area contributed by atoms with Crippen molar-refractivity contribution in [3.8, 4) is 0 Å². The molecule has 0 saturated heterocycles. The summed E-state index contributed by atoms with van der Waals surface area (Å²) >= 11 is 0. The molecule has 0 aliphatic heterocycles. The molecule has 128 valence electrons. The Morgan fingerprint density at radius 2 is 2.00 bits per heavy atom. The quantitative estimate of drug-likeness (QED) is 0.502. The largest absolute Gasteiger partial charge is 0.462 e. The van der Waals surface area contributed by atoms with Gasteiger partial charge in [-0.3, -0.25) is 0 Å². The highest BCUT2D eigenvalue weighted by molar-refractivity contribution is 5.87. The second kappa shape index (κ2) is 8.71. The number of carbonyl (C=O) groups is 1. The molecule has 0 radical (unpaired) electrons. The van der Waals surface area contributed by atoms with Gasteiger partial charge in [-0.25, -0.2) is 4.79 Å². The van der Waals surface area contributed by atoms with Crippen LogP contribution in [0.25, 0.3) is 0 Å². The lowest BCUT2D eigenvalue weighted by Gasteiger charge is -2.38. The Hall–Kier alpha value is -0.830. The SMILES string of the molecule is CC=C(C)C(=O)OCC(C)COC(C)C1CCCC(C)(C)C1. The maximum atomic E-state index is 11.6. The van der Waals surface area contributed by atoms with Crippen molar-refractivity contribution in [2.75, 3.05) is 13.2 Å². The van der Waals surface area contributed by atoms with Crippen molar-refractivity contribution in [3.05, 3.63) is 11.6 Å². The molecule has 3 heteroatoms. The average molecular weight is 310 g/mol. The van der Waals surface area contributed by atoms with Crippen LogP contribution in [0.4, 0.5) is 0 Å². The zero-order chi connectivity index (χ0) is 16.8. The molecule has 22 heavy (non-hydrogen) atoms. The predicted octanol–water partition coefficient (Wildman–Crippen LogP) is 4.75. The summed E-state index contributed by atoms with van der Waals surface area (Å²) in [6.07, 6.45) is 7.21. The first kappa shape index (κ1) is 19.2. The molecule has 1 rings (SSSR count). The van der Waals surface area contributed by atoms with Crippen LogP contribution in [0.15, 0.2) is 11.6 Å². The van der Waals surface area contributed by atoms with Crippen LogP contribution in [0.1, 0.15) is 67.2 Å². The number of rotatable bonds is 7. The topological polar surface area (TPSA) is 35.5 Å². The summed E-state index contributed by atoms with van der Waals surface area (Å²) < 4.78 is 11.3. The maximum absolute atomic E-state index is 11.6. The van der Waals surface area contributed by atoms with Gasteiger partial charge in [0.25, 0.3) is 0 Å². The number of carbonyl (C=O) groups excluding carboxylic acids is 1. The summed E-state index contributed by atoms with van der Waals surface area (Å²) in [6.45, 7) is 13.7. The first-order valence-corrected chi connectivity index (χ1v) is 8.67. The van der Waals surface area contributed by atoms with Gasteiger partial charge in [0.15, 0.2) is 0 Å². The number of hydrogen-bond donors (Lipinski definition) is 0. The van der Waals surface area contributed by atoms with Crippen molar-refractivity contribution in [1.29, 1.82) is 0 Å². The van der Waals surface area contributed by atoms with E-state index in [1.54, 1.807) is 13.0 Å². The normalized spacial score (nSPS) is 24.6. The molecule has 0 heterocycles. The fraction of sp³-hybridized carbons (Fsp3) is 0.842. The Balaban J connectivity index is 2.28. The highest BCUT2D eigenvalue weighted by Crippen LogP contribution is 2.40. The minimum atomic E-state index is -0.226. The van der Waals surface area contributed by atoms with E-state index in [0.717, 1.165) is 0 Å². The van der Waals surface area contributed by atoms with Crippen molar-refractivity contribution in [3.63, 3.8) is 0 Å². The molecule has 0 aromatic heterocycles. The Morgan fingerprint density at radius 1 is 1.32 bits per heavy atom. The predicted molar refractivity (Wildman–Crippen MR) is 90.7 cm³/mol. The van der Waals surface area contributed by atoms with Crippen LogP contribution in [0.3, 0.4) is 0 Å². The van der Waals surface area contributed by atoms with Crippen LogP contribution in [-0.2, 0) is 14.3 Å². The smallest absolute Gasteiger partial charge is 0.333 e. The van der Waals surface area contributed by atoms with Crippen molar-refractivity contribution in [1.82, 2.24) is 0 Å². The highest BCUT2D eigenvalue weighted by atomic mass is 16.5. The van der Waals surface area contributed by atoms with Gasteiger partial charge in [-0.15, -0.1) is 0 Å². The maximum Gasteiger partial charge on any atom is 0.333 e. The molecule has 1 aliphatic carbocycles. The van der Waals surface area contributed by atoms with Gasteiger partial charge >= 0.3 is 5.97 Å². The van der Waals surface area contributed by atoms with Gasteiger partial charge in [-0.05, 0) is 51.4 Å². The van der Waals surface area contributed by atoms with Crippen molar-refractivity contribution < 1.29 is 14.3 Å². The molecule has 0 spiro atoms. The van der Waals surface area contributed by atoms with E-state index >= 15 is 0 Å². The molecule has 1 saturated carbocycles. The second-order valence-corrected chi connectivity index (χ2v) is 7.73. The van der Waals surface area contributed by atoms with Gasteiger partial charge in [-0.2, -0.15) is 0 Å². The third-order valence-electron chi connectivity index (χ3n) is 4.80. The molecule has 0 bridgehead atoms. The lowest BCUT2D eigenvalue weighted by Crippen LogP contribution is -2.32. The van der Waals surface area contributed by atoms with E-state index in [-0.39, 0.29) is 18.0 Å². The number of ether oxygens (including phenoxy) is 2. The van der Waals surface area contributed by atoms with Gasteiger partial charge in [0.05, 0.1) is 19.3 Å². The van der Waals surface area contributed by atoms with Gasteiger partial charge in [0.1, 0.15) is 0 Å². The third-order valence-corrected chi connectivity index (χ3v) is 4.80. The van der Waals surface area contributed by atoms with Gasteiger partial charge in [0.2, 0.25) is 0 Å². The highest BCUT2D eigenvalue weighted by Gasteiger charge is 2.31. The lowest BCUT2D eigenvalue weighted by atomic mass is 9.71. The van der Waals surface area contributed by atoms with Crippen LogP contribution in [-0.4, -0.2) is 25.3 Å². The van der Waals surface area contributed by atoms with Crippen molar-refractivity contribution in [2.24, 2.45) is 17.3 Å². The van der Waals surface area contributed by atoms with Crippen molar-refractivity contribution in [2.45, 2.75) is 73.3 Å². The standard InChI is InChI=1S/C19H34O3/c1-7-15(3)18(20)22-13-14(2)12-21-16(4)17-9-8-10-19(5,6)11-17/h7,14,16-17H,8-13H2,1-6H3. The number of hydrogen-bond acceptors (Lipinski definition) is 3. The summed E-state index contributed by atoms with van der Waals surface area (Å²) in [5.74, 6) is 0.660. The fourth-order valence-corrected chi connectivity index (χ4v) is 3.11. The van der Waals surface area contributed by atoms with Gasteiger partial charge in [-0.1, -0.05) is 33.3 Å². The van der Waals surface area contributed by atoms with Crippen molar-refractivity contribution >= 4 is 5.97 Å². The van der Waals surface area contributed by atoms with E-state index in [2.05, 4.69) is 27.7 Å². The zero-order valence-corrected chi connectivity index (χ0v) is 15.3. The number of allylic oxidation sites excluding steroid dienone is 1. The van der Waals surface area contributed by atoms with Crippen LogP contribution in [0.2, 0.25) is 0 Å². The summed E-state index contributed by atoms with van der Waals surface area (Å²) in [5, 5.41) is 0. The second-order valence-electron chi connectivity index (χ2n) is 7.73. The van der Waals surface area contributed by atoms with E-state index in [1.807, 2.05) is 6.92 Å². The van der Waals surface area contributed by atoms with Crippen LogP contribution >= 0.6 is 0 Å². The van der Waals surface area contributed by atoms with Crippen LogP contribution < -0.4 is 0 Å². The van der Waals surface area contributed by atoms with Gasteiger partial charge < -0.3 is 9.47 Å². The first-order valence-electron chi connectivity index (χ1n) is 8.67. The molecule has 3 atom stereocenters. The van der Waals surface area contributed by atoms with E-state index in [9.17, 15) is 4.79 Å². The minimum Gasteiger partial charge on any atom is -0.462 e. The molecule has 3 unspecified atom stereocenters. The molecular weight excluding hydrogens is 276 g/mol. The van der Waals surface area contributed by atoms with E-state index in [0.29, 0.717) is 30.1 Å². The minimum absolute atomic E-state index is 0.226. The average Bonchev–Trinajstić information content (AvgIpc) is 2.48. The molecule has 0 N–H and O–H groups in total. The Kier molecular flexibility index (Phi) is 7.61. The monoisotopic (exact) mass is 310 g/mol. The molecule has 3 nitrogen and oxygen atoms in total. The Bertz CT molecular complexity index is 384. The van der Waals surface area contributed by atoms with E-state index in [4.69, 9.17) is 9.47 Å². The summed E-state index contributed by atoms with van der Waals surface area (Å²) in [5.41, 5.74) is 1.11. The molecule has 0 aromatic rings. The molecule has 0 aromatic carbocycles. The zero-order valence-electron chi connectivity index (χ0n) is 15.3. The molecule has 1 fully saturated rings. The fourth-order valence-electron chi connectivity index (χ4n) is 3.11. The summed E-state index contributed by atoms with van der Waals surface area (Å²) in [4.78, 5) is 11.6. The third kappa shape index (κ3) is 6.51.